The van der Waals surface area contributed by atoms with E-state index in [1.165, 1.54) is 0 Å². The van der Waals surface area contributed by atoms with Gasteiger partial charge in [0.1, 0.15) is 0 Å². The molecule has 0 spiro atoms. The van der Waals surface area contributed by atoms with Gasteiger partial charge < -0.3 is 4.74 Å². The van der Waals surface area contributed by atoms with Crippen LogP contribution in [0.1, 0.15) is 19.8 Å². The maximum absolute atomic E-state index is 4.88. The van der Waals surface area contributed by atoms with Crippen LogP contribution in [0.25, 0.3) is 0 Å². The van der Waals surface area contributed by atoms with Gasteiger partial charge in [0.25, 0.3) is 0 Å². The molecular weight excluding hydrogens is 284 g/mol. The molecule has 0 saturated heterocycles. The summed E-state index contributed by atoms with van der Waals surface area (Å²) in [6.07, 6.45) is 2.19. The van der Waals surface area contributed by atoms with Crippen molar-refractivity contribution in [1.29, 1.82) is 0 Å². The molecule has 0 aliphatic rings. The quantitative estimate of drug-likeness (QED) is 0.484. The molecule has 9 heavy (non-hydrogen) atoms. The van der Waals surface area contributed by atoms with Crippen molar-refractivity contribution in [2.45, 2.75) is 19.8 Å². The number of thiocarbonyl (C=S) groups is 1. The predicted molar refractivity (Wildman–Crippen MR) is 42.4 cm³/mol. The minimum atomic E-state index is 0. The largest absolute Gasteiger partial charge is 0.479 e. The molecule has 0 N–H and O–H groups in total. The Hall–Kier alpha value is 1.59. The monoisotopic (exact) mass is 292 g/mol. The molecule has 0 unspecified atom stereocenters. The first-order valence-corrected chi connectivity index (χ1v) is 3.48. The van der Waals surface area contributed by atoms with Crippen molar-refractivity contribution in [3.63, 3.8) is 0 Å². The van der Waals surface area contributed by atoms with Crippen LogP contribution in [0.4, 0.5) is 0 Å². The average Bonchev–Trinajstić information content (AvgIpc) is 1.66. The zero-order chi connectivity index (χ0) is 6.41. The van der Waals surface area contributed by atoms with E-state index in [0.29, 0.717) is 11.0 Å². The molecule has 0 aliphatic heterocycles. The van der Waals surface area contributed by atoms with Crippen LogP contribution in [0, 0.1) is 40.8 Å². The Labute approximate surface area is 99.9 Å². The van der Waals surface area contributed by atoms with Gasteiger partial charge in [0.2, 0.25) is 4.38 Å². The second kappa shape index (κ2) is 9.59. The van der Waals surface area contributed by atoms with Gasteiger partial charge >= 0.3 is 0 Å². The zero-order valence-electron chi connectivity index (χ0n) is 5.39. The van der Waals surface area contributed by atoms with Crippen molar-refractivity contribution in [3.8, 4) is 0 Å². The number of unbranched alkanes of at least 4 members (excludes halogenated alkanes) is 1. The summed E-state index contributed by atoms with van der Waals surface area (Å²) in [5.74, 6) is 0. The zero-order valence-corrected chi connectivity index (χ0v) is 10.3. The first-order chi connectivity index (χ1) is 3.77. The molecule has 52 valence electrons. The van der Waals surface area contributed by atoms with E-state index in [0.717, 1.165) is 12.8 Å². The van der Waals surface area contributed by atoms with Crippen LogP contribution in [-0.2, 0) is 4.74 Å². The topological polar surface area (TPSA) is 9.23 Å². The van der Waals surface area contributed by atoms with Crippen LogP contribution in [0.5, 0.6) is 0 Å². The molecule has 0 aliphatic carbocycles. The number of hydrogen-bond acceptors (Lipinski definition) is 2. The van der Waals surface area contributed by atoms with Crippen molar-refractivity contribution in [1.82, 2.24) is 0 Å². The third-order valence-corrected chi connectivity index (χ3v) is 0.970. The van der Waals surface area contributed by atoms with Crippen molar-refractivity contribution < 1.29 is 45.6 Å². The molecule has 0 heterocycles. The van der Waals surface area contributed by atoms with E-state index >= 15 is 0 Å². The van der Waals surface area contributed by atoms with Crippen LogP contribution in [-0.4, -0.2) is 11.0 Å². The molecule has 0 aromatic heterocycles. The molecule has 0 fully saturated rings. The Morgan fingerprint density at radius 1 is 1.67 bits per heavy atom. The fraction of sp³-hybridized carbons (Fsp3) is 0.800. The van der Waals surface area contributed by atoms with Crippen molar-refractivity contribution in [2.75, 3.05) is 6.61 Å². The number of rotatable bonds is 3. The predicted octanol–water partition coefficient (Wildman–Crippen LogP) is 2.02. The maximum Gasteiger partial charge on any atom is 0.216 e. The summed E-state index contributed by atoms with van der Waals surface area (Å²) in [6.45, 7) is 2.81. The van der Waals surface area contributed by atoms with Gasteiger partial charge in [-0.2, -0.15) is 0 Å². The number of hydrogen-bond donors (Lipinski definition) is 1. The molecule has 4 heteroatoms. The van der Waals surface area contributed by atoms with Crippen LogP contribution in [0.15, 0.2) is 0 Å². The van der Waals surface area contributed by atoms with Gasteiger partial charge in [-0.3, -0.25) is 0 Å². The Kier molecular flexibility index (Phi) is 14.1. The molecule has 0 atom stereocenters. The Morgan fingerprint density at radius 2 is 2.22 bits per heavy atom. The van der Waals surface area contributed by atoms with E-state index in [-0.39, 0.29) is 40.8 Å². The van der Waals surface area contributed by atoms with E-state index in [1.807, 2.05) is 0 Å². The first-order valence-electron chi connectivity index (χ1n) is 2.63. The van der Waals surface area contributed by atoms with Gasteiger partial charge in [-0.15, -0.1) is 0 Å². The second-order valence-corrected chi connectivity index (χ2v) is 2.55. The molecule has 0 bridgehead atoms. The Bertz CT molecular complexity index is 77.4. The molecule has 0 amide bonds. The molecule has 0 aromatic carbocycles. The van der Waals surface area contributed by atoms with E-state index < -0.39 is 0 Å². The smallest absolute Gasteiger partial charge is 0.216 e. The molecule has 0 saturated carbocycles. The van der Waals surface area contributed by atoms with E-state index in [2.05, 4.69) is 31.8 Å². The van der Waals surface area contributed by atoms with Gasteiger partial charge in [0.05, 0.1) is 6.61 Å². The van der Waals surface area contributed by atoms with Crippen molar-refractivity contribution in [2.24, 2.45) is 0 Å². The minimum Gasteiger partial charge on any atom is -0.479 e. The first kappa shape index (κ1) is 13.2. The normalized spacial score (nSPS) is 7.78. The summed E-state index contributed by atoms with van der Waals surface area (Å²) >= 11 is 8.33. The van der Waals surface area contributed by atoms with E-state index in [4.69, 9.17) is 4.74 Å². The number of ether oxygens (including phenoxy) is 1. The van der Waals surface area contributed by atoms with E-state index in [1.54, 1.807) is 0 Å². The van der Waals surface area contributed by atoms with Crippen LogP contribution in [0.3, 0.4) is 0 Å². The van der Waals surface area contributed by atoms with Gasteiger partial charge in [-0.1, -0.05) is 26.0 Å². The minimum absolute atomic E-state index is 0. The van der Waals surface area contributed by atoms with Gasteiger partial charge in [-0.05, 0) is 18.6 Å². The van der Waals surface area contributed by atoms with Crippen LogP contribution < -0.4 is 0 Å². The van der Waals surface area contributed by atoms with E-state index in [9.17, 15) is 0 Å². The van der Waals surface area contributed by atoms with Crippen LogP contribution in [0.2, 0.25) is 0 Å². The molecule has 0 rings (SSSR count). The Balaban J connectivity index is 0. The number of thiol groups is 1. The van der Waals surface area contributed by atoms with Crippen LogP contribution >= 0.6 is 24.8 Å². The fourth-order valence-corrected chi connectivity index (χ4v) is 0.478. The third kappa shape index (κ3) is 12.7. The van der Waals surface area contributed by atoms with Crippen molar-refractivity contribution >= 4 is 29.2 Å². The summed E-state index contributed by atoms with van der Waals surface area (Å²) in [7, 11) is 0. The summed E-state index contributed by atoms with van der Waals surface area (Å²) in [6, 6.07) is 0. The second-order valence-electron chi connectivity index (χ2n) is 1.47. The van der Waals surface area contributed by atoms with Crippen molar-refractivity contribution in [3.05, 3.63) is 0 Å². The standard InChI is InChI=1S/C5H10OS2.Nd/c1-2-3-4-6-5(7)8;/h2-4H2,1H3,(H,7,8);. The summed E-state index contributed by atoms with van der Waals surface area (Å²) in [4.78, 5) is 0. The van der Waals surface area contributed by atoms with Gasteiger partial charge in [0.15, 0.2) is 0 Å². The fourth-order valence-electron chi connectivity index (χ4n) is 0.304. The third-order valence-electron chi connectivity index (χ3n) is 0.723. The summed E-state index contributed by atoms with van der Waals surface area (Å²) in [5, 5.41) is 0. The molecule has 0 aromatic rings. The average molecular weight is 295 g/mol. The Morgan fingerprint density at radius 3 is 2.56 bits per heavy atom. The molecule has 0 radical (unpaired) electrons. The molecular formula is C5H10NdOS2. The molecule has 1 nitrogen and oxygen atoms in total. The summed E-state index contributed by atoms with van der Waals surface area (Å²) < 4.78 is 5.22. The van der Waals surface area contributed by atoms with Gasteiger partial charge in [0, 0.05) is 40.8 Å². The van der Waals surface area contributed by atoms with Gasteiger partial charge in [-0.25, -0.2) is 0 Å². The SMILES string of the molecule is CCCCOC(=S)S.[Nd]. The maximum atomic E-state index is 4.88. The summed E-state index contributed by atoms with van der Waals surface area (Å²) in [5.41, 5.74) is 0.